The van der Waals surface area contributed by atoms with E-state index in [9.17, 15) is 18.0 Å². The molecule has 1 aromatic heterocycles. The van der Waals surface area contributed by atoms with Crippen LogP contribution in [0.15, 0.2) is 36.4 Å². The zero-order valence-corrected chi connectivity index (χ0v) is 14.7. The van der Waals surface area contributed by atoms with Crippen LogP contribution in [0.1, 0.15) is 42.7 Å². The SMILES string of the molecule is CCCN(CCC)C(=O)c1ccc(Nc2cccc(C(F)(F)F)c2)nn1. The predicted octanol–water partition coefficient (Wildman–Crippen LogP) is 4.50. The first kappa shape index (κ1) is 19.7. The number of carbonyl (C=O) groups excluding carboxylic acids is 1. The molecule has 0 unspecified atom stereocenters. The summed E-state index contributed by atoms with van der Waals surface area (Å²) in [6.07, 6.45) is -2.73. The first-order chi connectivity index (χ1) is 12.3. The van der Waals surface area contributed by atoms with Gasteiger partial charge in [0.1, 0.15) is 0 Å². The molecule has 0 aliphatic carbocycles. The fourth-order valence-corrected chi connectivity index (χ4v) is 2.45. The summed E-state index contributed by atoms with van der Waals surface area (Å²) >= 11 is 0. The van der Waals surface area contributed by atoms with Crippen molar-refractivity contribution in [2.24, 2.45) is 0 Å². The average Bonchev–Trinajstić information content (AvgIpc) is 2.61. The van der Waals surface area contributed by atoms with Crippen molar-refractivity contribution < 1.29 is 18.0 Å². The minimum atomic E-state index is -4.42. The van der Waals surface area contributed by atoms with Crippen LogP contribution in [0.3, 0.4) is 0 Å². The van der Waals surface area contributed by atoms with E-state index in [1.54, 1.807) is 4.90 Å². The first-order valence-electron chi connectivity index (χ1n) is 8.42. The van der Waals surface area contributed by atoms with Gasteiger partial charge in [0.25, 0.3) is 5.91 Å². The molecular weight excluding hydrogens is 345 g/mol. The van der Waals surface area contributed by atoms with E-state index < -0.39 is 11.7 Å². The molecular formula is C18H21F3N4O. The Balaban J connectivity index is 2.11. The summed E-state index contributed by atoms with van der Waals surface area (Å²) in [6, 6.07) is 7.84. The van der Waals surface area contributed by atoms with Gasteiger partial charge in [-0.3, -0.25) is 4.79 Å². The smallest absolute Gasteiger partial charge is 0.339 e. The maximum absolute atomic E-state index is 12.8. The van der Waals surface area contributed by atoms with E-state index in [0.717, 1.165) is 25.0 Å². The molecule has 26 heavy (non-hydrogen) atoms. The molecule has 0 spiro atoms. The van der Waals surface area contributed by atoms with Crippen molar-refractivity contribution in [2.45, 2.75) is 32.9 Å². The zero-order chi connectivity index (χ0) is 19.2. The number of anilines is 2. The van der Waals surface area contributed by atoms with Gasteiger partial charge < -0.3 is 10.2 Å². The lowest BCUT2D eigenvalue weighted by molar-refractivity contribution is -0.137. The minimum absolute atomic E-state index is 0.202. The minimum Gasteiger partial charge on any atom is -0.339 e. The lowest BCUT2D eigenvalue weighted by Crippen LogP contribution is -2.33. The second kappa shape index (κ2) is 8.64. The van der Waals surface area contributed by atoms with Crippen molar-refractivity contribution in [3.63, 3.8) is 0 Å². The monoisotopic (exact) mass is 366 g/mol. The molecule has 2 rings (SSSR count). The molecule has 140 valence electrons. The fourth-order valence-electron chi connectivity index (χ4n) is 2.45. The number of nitrogens with zero attached hydrogens (tertiary/aromatic N) is 3. The number of benzene rings is 1. The van der Waals surface area contributed by atoms with Crippen molar-refractivity contribution >= 4 is 17.4 Å². The van der Waals surface area contributed by atoms with E-state index in [0.29, 0.717) is 13.1 Å². The second-order valence-electron chi connectivity index (χ2n) is 5.80. The number of hydrogen-bond acceptors (Lipinski definition) is 4. The molecule has 8 heteroatoms. The van der Waals surface area contributed by atoms with Gasteiger partial charge in [-0.15, -0.1) is 10.2 Å². The molecule has 1 heterocycles. The maximum atomic E-state index is 12.8. The Bertz CT molecular complexity index is 726. The van der Waals surface area contributed by atoms with E-state index in [4.69, 9.17) is 0 Å². The summed E-state index contributed by atoms with van der Waals surface area (Å²) < 4.78 is 38.3. The number of rotatable bonds is 7. The Labute approximate surface area is 150 Å². The highest BCUT2D eigenvalue weighted by molar-refractivity contribution is 5.92. The van der Waals surface area contributed by atoms with Crippen molar-refractivity contribution in [2.75, 3.05) is 18.4 Å². The van der Waals surface area contributed by atoms with Gasteiger partial charge in [0.15, 0.2) is 11.5 Å². The normalized spacial score (nSPS) is 11.3. The number of alkyl halides is 3. The van der Waals surface area contributed by atoms with Crippen LogP contribution in [0, 0.1) is 0 Å². The lowest BCUT2D eigenvalue weighted by Gasteiger charge is -2.20. The third-order valence-electron chi connectivity index (χ3n) is 3.62. The molecule has 5 nitrogen and oxygen atoms in total. The van der Waals surface area contributed by atoms with Crippen LogP contribution in [0.4, 0.5) is 24.7 Å². The van der Waals surface area contributed by atoms with Gasteiger partial charge in [-0.1, -0.05) is 19.9 Å². The summed E-state index contributed by atoms with van der Waals surface area (Å²) in [5.41, 5.74) is -0.301. The van der Waals surface area contributed by atoms with E-state index in [1.807, 2.05) is 13.8 Å². The van der Waals surface area contributed by atoms with E-state index >= 15 is 0 Å². The number of hydrogen-bond donors (Lipinski definition) is 1. The highest BCUT2D eigenvalue weighted by Crippen LogP contribution is 2.31. The topological polar surface area (TPSA) is 58.1 Å². The largest absolute Gasteiger partial charge is 0.416 e. The Hall–Kier alpha value is -2.64. The van der Waals surface area contributed by atoms with Gasteiger partial charge >= 0.3 is 6.18 Å². The second-order valence-corrected chi connectivity index (χ2v) is 5.80. The van der Waals surface area contributed by atoms with Crippen LogP contribution < -0.4 is 5.32 Å². The number of carbonyl (C=O) groups is 1. The number of nitrogens with one attached hydrogen (secondary N) is 1. The average molecular weight is 366 g/mol. The molecule has 0 radical (unpaired) electrons. The molecule has 0 bridgehead atoms. The summed E-state index contributed by atoms with van der Waals surface area (Å²) in [5, 5.41) is 10.6. The molecule has 0 saturated heterocycles. The summed E-state index contributed by atoms with van der Waals surface area (Å²) in [6.45, 7) is 5.25. The van der Waals surface area contributed by atoms with Crippen LogP contribution in [0.25, 0.3) is 0 Å². The van der Waals surface area contributed by atoms with Gasteiger partial charge in [0.05, 0.1) is 5.56 Å². The van der Waals surface area contributed by atoms with Crippen LogP contribution >= 0.6 is 0 Å². The van der Waals surface area contributed by atoms with Crippen LogP contribution in [0.5, 0.6) is 0 Å². The first-order valence-corrected chi connectivity index (χ1v) is 8.42. The van der Waals surface area contributed by atoms with Gasteiger partial charge in [0, 0.05) is 18.8 Å². The Kier molecular flexibility index (Phi) is 6.54. The number of halogens is 3. The van der Waals surface area contributed by atoms with Gasteiger partial charge in [-0.05, 0) is 43.2 Å². The Morgan fingerprint density at radius 3 is 2.31 bits per heavy atom. The lowest BCUT2D eigenvalue weighted by atomic mass is 10.2. The van der Waals surface area contributed by atoms with Crippen LogP contribution in [0.2, 0.25) is 0 Å². The number of aromatic nitrogens is 2. The van der Waals surface area contributed by atoms with Crippen molar-refractivity contribution in [3.8, 4) is 0 Å². The summed E-state index contributed by atoms with van der Waals surface area (Å²) in [5.74, 6) is 0.0604. The van der Waals surface area contributed by atoms with Crippen molar-refractivity contribution in [1.29, 1.82) is 0 Å². The standard InChI is InChI=1S/C18H21F3N4O/c1-3-10-25(11-4-2)17(26)15-8-9-16(24-23-15)22-14-7-5-6-13(12-14)18(19,20)21/h5-9,12H,3-4,10-11H2,1-2H3,(H,22,24). The molecule has 0 aliphatic rings. The third-order valence-corrected chi connectivity index (χ3v) is 3.62. The van der Waals surface area contributed by atoms with Crippen LogP contribution in [-0.4, -0.2) is 34.1 Å². The van der Waals surface area contributed by atoms with E-state index in [2.05, 4.69) is 15.5 Å². The quantitative estimate of drug-likeness (QED) is 0.784. The zero-order valence-electron chi connectivity index (χ0n) is 14.7. The van der Waals surface area contributed by atoms with E-state index in [1.165, 1.54) is 24.3 Å². The molecule has 1 N–H and O–H groups in total. The third kappa shape index (κ3) is 5.18. The molecule has 1 aromatic carbocycles. The van der Waals surface area contributed by atoms with Crippen molar-refractivity contribution in [3.05, 3.63) is 47.7 Å². The van der Waals surface area contributed by atoms with Gasteiger partial charge in [-0.2, -0.15) is 13.2 Å². The van der Waals surface area contributed by atoms with Crippen molar-refractivity contribution in [1.82, 2.24) is 15.1 Å². The molecule has 0 saturated carbocycles. The molecule has 0 fully saturated rings. The van der Waals surface area contributed by atoms with Gasteiger partial charge in [0.2, 0.25) is 0 Å². The molecule has 0 atom stereocenters. The molecule has 2 aromatic rings. The summed E-state index contributed by atoms with van der Waals surface area (Å²) in [4.78, 5) is 14.1. The Morgan fingerprint density at radius 2 is 1.77 bits per heavy atom. The number of amides is 1. The highest BCUT2D eigenvalue weighted by atomic mass is 19.4. The van der Waals surface area contributed by atoms with Crippen LogP contribution in [-0.2, 0) is 6.18 Å². The summed E-state index contributed by atoms with van der Waals surface area (Å²) in [7, 11) is 0. The Morgan fingerprint density at radius 1 is 1.08 bits per heavy atom. The van der Waals surface area contributed by atoms with Gasteiger partial charge in [-0.25, -0.2) is 0 Å². The van der Waals surface area contributed by atoms with E-state index in [-0.39, 0.29) is 23.1 Å². The molecule has 0 aliphatic heterocycles. The maximum Gasteiger partial charge on any atom is 0.416 e. The molecule has 1 amide bonds. The highest BCUT2D eigenvalue weighted by Gasteiger charge is 2.30. The fraction of sp³-hybridized carbons (Fsp3) is 0.389. The predicted molar refractivity (Wildman–Crippen MR) is 93.2 cm³/mol.